The Hall–Kier alpha value is -1.08. The molecular formula is C18H21ClN3O2PS2. The molecule has 2 atom stereocenters. The number of nitrogens with one attached hydrogen (secondary N) is 2. The predicted molar refractivity (Wildman–Crippen MR) is 116 cm³/mol. The smallest absolute Gasteiger partial charge is 0.289 e. The van der Waals surface area contributed by atoms with Gasteiger partial charge in [0.25, 0.3) is 6.64 Å². The van der Waals surface area contributed by atoms with Crippen molar-refractivity contribution in [3.63, 3.8) is 0 Å². The third kappa shape index (κ3) is 5.47. The molecule has 1 aromatic heterocycles. The zero-order chi connectivity index (χ0) is 19.5. The molecule has 0 saturated carbocycles. The van der Waals surface area contributed by atoms with Crippen LogP contribution in [0.15, 0.2) is 48.8 Å². The fourth-order valence-electron chi connectivity index (χ4n) is 2.70. The summed E-state index contributed by atoms with van der Waals surface area (Å²) in [5, 5.41) is 7.27. The van der Waals surface area contributed by atoms with Crippen molar-refractivity contribution in [3.8, 4) is 0 Å². The molecular weight excluding hydrogens is 421 g/mol. The molecule has 5 nitrogen and oxygen atoms in total. The molecule has 3 rings (SSSR count). The summed E-state index contributed by atoms with van der Waals surface area (Å²) in [6.45, 7) is 2.41. The fraction of sp³-hybridized carbons (Fsp3) is 0.333. The quantitative estimate of drug-likeness (QED) is 0.525. The molecule has 1 aliphatic heterocycles. The Bertz CT molecular complexity index is 849. The number of nitrogens with zero attached hydrogens (tertiary/aromatic N) is 1. The average Bonchev–Trinajstić information content (AvgIpc) is 2.64. The molecule has 0 unspecified atom stereocenters. The monoisotopic (exact) mass is 441 g/mol. The number of hydrogen-bond acceptors (Lipinski definition) is 5. The second kappa shape index (κ2) is 8.52. The van der Waals surface area contributed by atoms with Crippen LogP contribution in [0.25, 0.3) is 0 Å². The maximum Gasteiger partial charge on any atom is 0.289 e. The van der Waals surface area contributed by atoms with Crippen molar-refractivity contribution in [2.45, 2.75) is 26.5 Å². The summed E-state index contributed by atoms with van der Waals surface area (Å²) < 4.78 is 12.2. The molecule has 0 spiro atoms. The van der Waals surface area contributed by atoms with Crippen LogP contribution in [0, 0.1) is 5.41 Å². The largest absolute Gasteiger partial charge is 0.358 e. The second-order valence-corrected chi connectivity index (χ2v) is 10.9. The molecule has 0 bridgehead atoms. The maximum absolute atomic E-state index is 6.25. The average molecular weight is 442 g/mol. The number of thiocarbonyl (C=S) groups is 1. The number of hydrogen-bond donors (Lipinski definition) is 2. The van der Waals surface area contributed by atoms with Crippen LogP contribution >= 0.6 is 30.5 Å². The van der Waals surface area contributed by atoms with E-state index in [1.54, 1.807) is 12.4 Å². The van der Waals surface area contributed by atoms with E-state index in [-0.39, 0.29) is 11.5 Å². The number of pyridine rings is 1. The number of benzene rings is 1. The molecule has 1 aromatic carbocycles. The van der Waals surface area contributed by atoms with Crippen LogP contribution in [0.4, 0.5) is 0 Å². The van der Waals surface area contributed by atoms with Crippen LogP contribution in [0.1, 0.15) is 31.1 Å². The zero-order valence-corrected chi connectivity index (χ0v) is 18.3. The highest BCUT2D eigenvalue weighted by atomic mass is 35.5. The summed E-state index contributed by atoms with van der Waals surface area (Å²) in [4.78, 5) is 4.08. The van der Waals surface area contributed by atoms with Gasteiger partial charge in [-0.1, -0.05) is 43.6 Å². The Kier molecular flexibility index (Phi) is 6.51. The lowest BCUT2D eigenvalue weighted by Crippen LogP contribution is -2.40. The normalized spacial score (nSPS) is 24.2. The van der Waals surface area contributed by atoms with Crippen LogP contribution in [0.2, 0.25) is 5.02 Å². The summed E-state index contributed by atoms with van der Waals surface area (Å²) in [5.74, 6) is 0. The lowest BCUT2D eigenvalue weighted by Gasteiger charge is -2.43. The van der Waals surface area contributed by atoms with Crippen LogP contribution in [-0.2, 0) is 27.4 Å². The Balaban J connectivity index is 1.67. The van der Waals surface area contributed by atoms with Crippen molar-refractivity contribution in [2.24, 2.45) is 5.41 Å². The molecule has 1 fully saturated rings. The van der Waals surface area contributed by atoms with Crippen molar-refractivity contribution in [3.05, 3.63) is 64.9 Å². The molecule has 1 aliphatic rings. The van der Waals surface area contributed by atoms with Gasteiger partial charge in [0.15, 0.2) is 5.11 Å². The first-order valence-electron chi connectivity index (χ1n) is 8.41. The van der Waals surface area contributed by atoms with Gasteiger partial charge in [0.05, 0.1) is 12.7 Å². The van der Waals surface area contributed by atoms with Crippen molar-refractivity contribution in [1.82, 2.24) is 15.4 Å². The Morgan fingerprint density at radius 1 is 1.33 bits per heavy atom. The highest BCUT2D eigenvalue weighted by molar-refractivity contribution is 8.09. The fourth-order valence-corrected chi connectivity index (χ4v) is 5.81. The third-order valence-corrected chi connectivity index (χ3v) is 7.10. The molecule has 0 aliphatic carbocycles. The van der Waals surface area contributed by atoms with E-state index in [9.17, 15) is 0 Å². The molecule has 144 valence electrons. The van der Waals surface area contributed by atoms with E-state index in [0.717, 1.165) is 11.1 Å². The van der Waals surface area contributed by atoms with Gasteiger partial charge in [-0.05, 0) is 53.4 Å². The van der Waals surface area contributed by atoms with Crippen molar-refractivity contribution in [2.75, 3.05) is 6.61 Å². The minimum atomic E-state index is -2.77. The number of halogens is 1. The van der Waals surface area contributed by atoms with E-state index >= 15 is 0 Å². The maximum atomic E-state index is 6.25. The van der Waals surface area contributed by atoms with Gasteiger partial charge in [-0.15, -0.1) is 0 Å². The van der Waals surface area contributed by atoms with E-state index in [1.165, 1.54) is 0 Å². The summed E-state index contributed by atoms with van der Waals surface area (Å²) in [5.41, 5.74) is 1.80. The minimum absolute atomic E-state index is 0.219. The van der Waals surface area contributed by atoms with Crippen LogP contribution in [0.5, 0.6) is 0 Å². The van der Waals surface area contributed by atoms with Gasteiger partial charge in [-0.25, -0.2) is 0 Å². The van der Waals surface area contributed by atoms with Gasteiger partial charge in [0.1, 0.15) is 0 Å². The SMILES string of the molecule is CC1(C)CO[P@](=S)(NC(=S)NCc2cccnc2)O[C@H]1c1ccc(Cl)cc1. The Morgan fingerprint density at radius 3 is 2.74 bits per heavy atom. The van der Waals surface area contributed by atoms with Crippen molar-refractivity contribution in [1.29, 1.82) is 0 Å². The minimum Gasteiger partial charge on any atom is -0.358 e. The highest BCUT2D eigenvalue weighted by Gasteiger charge is 2.43. The van der Waals surface area contributed by atoms with Gasteiger partial charge in [-0.2, -0.15) is 0 Å². The first-order chi connectivity index (χ1) is 12.8. The Labute approximate surface area is 175 Å². The summed E-state index contributed by atoms with van der Waals surface area (Å²) >= 11 is 17.0. The first-order valence-corrected chi connectivity index (χ1v) is 11.8. The topological polar surface area (TPSA) is 55.4 Å². The molecule has 0 amide bonds. The molecule has 2 N–H and O–H groups in total. The third-order valence-electron chi connectivity index (χ3n) is 4.15. The van der Waals surface area contributed by atoms with Crippen molar-refractivity contribution >= 4 is 47.4 Å². The van der Waals surface area contributed by atoms with Gasteiger partial charge in [0.2, 0.25) is 0 Å². The predicted octanol–water partition coefficient (Wildman–Crippen LogP) is 4.74. The van der Waals surface area contributed by atoms with Crippen LogP contribution in [0.3, 0.4) is 0 Å². The number of rotatable bonds is 4. The van der Waals surface area contributed by atoms with Gasteiger partial charge >= 0.3 is 0 Å². The molecule has 1 saturated heterocycles. The molecule has 2 aromatic rings. The molecule has 9 heteroatoms. The molecule has 2 heterocycles. The van der Waals surface area contributed by atoms with E-state index in [1.807, 2.05) is 36.4 Å². The lowest BCUT2D eigenvalue weighted by atomic mass is 9.83. The summed E-state index contributed by atoms with van der Waals surface area (Å²) in [7, 11) is 0. The van der Waals surface area contributed by atoms with E-state index in [4.69, 9.17) is 44.7 Å². The van der Waals surface area contributed by atoms with E-state index < -0.39 is 6.64 Å². The Morgan fingerprint density at radius 2 is 2.07 bits per heavy atom. The van der Waals surface area contributed by atoms with E-state index in [2.05, 4.69) is 29.2 Å². The number of aromatic nitrogens is 1. The summed E-state index contributed by atoms with van der Waals surface area (Å²) in [6, 6.07) is 11.5. The second-order valence-electron chi connectivity index (χ2n) is 6.95. The first kappa shape index (κ1) is 20.6. The standard InChI is InChI=1S/C18H21ClN3O2PS2/c1-18(2)12-23-25(27,24-16(18)14-5-7-15(19)8-6-14)22-17(26)21-11-13-4-3-9-20-10-13/h3-10,16H,11-12H2,1-2H3,(H2,21,22,26,27)/t16-,25+/m0/s1. The zero-order valence-electron chi connectivity index (χ0n) is 15.0. The highest BCUT2D eigenvalue weighted by Crippen LogP contribution is 2.58. The van der Waals surface area contributed by atoms with Gasteiger partial charge in [-0.3, -0.25) is 10.1 Å². The van der Waals surface area contributed by atoms with Crippen LogP contribution in [-0.4, -0.2) is 16.7 Å². The van der Waals surface area contributed by atoms with Gasteiger partial charge < -0.3 is 14.4 Å². The van der Waals surface area contributed by atoms with Crippen molar-refractivity contribution < 1.29 is 9.05 Å². The lowest BCUT2D eigenvalue weighted by molar-refractivity contribution is -0.0137. The molecule has 27 heavy (non-hydrogen) atoms. The molecule has 0 radical (unpaired) electrons. The summed E-state index contributed by atoms with van der Waals surface area (Å²) in [6.07, 6.45) is 3.29. The van der Waals surface area contributed by atoms with Gasteiger partial charge in [0, 0.05) is 29.4 Å². The van der Waals surface area contributed by atoms with Crippen LogP contribution < -0.4 is 10.4 Å². The van der Waals surface area contributed by atoms with E-state index in [0.29, 0.717) is 23.3 Å².